The Kier molecular flexibility index (Phi) is 5.36. The zero-order valence-electron chi connectivity index (χ0n) is 13.6. The topological polar surface area (TPSA) is 69.5 Å². The molecule has 1 amide bonds. The Morgan fingerprint density at radius 3 is 2.60 bits per heavy atom. The first-order valence-electron chi connectivity index (χ1n) is 7.94. The largest absolute Gasteiger partial charge is 0.445 e. The van der Waals surface area contributed by atoms with Crippen molar-refractivity contribution in [1.82, 2.24) is 9.88 Å². The molecular formula is C18H17ClN4O2. The number of benzene rings is 1. The lowest BCUT2D eigenvalue weighted by molar-refractivity contribution is 0.0942. The van der Waals surface area contributed by atoms with Gasteiger partial charge in [0.05, 0.1) is 0 Å². The van der Waals surface area contributed by atoms with Crippen molar-refractivity contribution in [3.05, 3.63) is 58.9 Å². The number of carbonyl (C=O) groups excluding carboxylic acids is 1. The molecular weight excluding hydrogens is 340 g/mol. The number of hydrogen-bond acceptors (Lipinski definition) is 5. The molecule has 0 atom stereocenters. The summed E-state index contributed by atoms with van der Waals surface area (Å²) in [5, 5.41) is 9.28. The first kappa shape index (κ1) is 17.1. The summed E-state index contributed by atoms with van der Waals surface area (Å²) in [6.07, 6.45) is -0.311. The van der Waals surface area contributed by atoms with Crippen molar-refractivity contribution in [2.45, 2.75) is 6.61 Å². The summed E-state index contributed by atoms with van der Waals surface area (Å²) in [5.74, 6) is 0. The van der Waals surface area contributed by atoms with Crippen LogP contribution in [0.25, 0.3) is 0 Å². The number of anilines is 1. The molecule has 2 heterocycles. The van der Waals surface area contributed by atoms with Gasteiger partial charge in [-0.1, -0.05) is 41.9 Å². The molecule has 1 aromatic carbocycles. The molecule has 25 heavy (non-hydrogen) atoms. The highest BCUT2D eigenvalue weighted by Gasteiger charge is 2.23. The average Bonchev–Trinajstić information content (AvgIpc) is 2.66. The molecule has 0 N–H and O–H groups in total. The Bertz CT molecular complexity index is 783. The molecule has 3 rings (SSSR count). The predicted molar refractivity (Wildman–Crippen MR) is 94.4 cm³/mol. The monoisotopic (exact) mass is 356 g/mol. The van der Waals surface area contributed by atoms with Gasteiger partial charge < -0.3 is 14.5 Å². The van der Waals surface area contributed by atoms with Gasteiger partial charge in [-0.3, -0.25) is 0 Å². The van der Waals surface area contributed by atoms with E-state index < -0.39 is 0 Å². The number of piperazine rings is 1. The molecule has 0 bridgehead atoms. The Labute approximate surface area is 151 Å². The van der Waals surface area contributed by atoms with E-state index in [1.807, 2.05) is 36.4 Å². The molecule has 0 radical (unpaired) electrons. The maximum atomic E-state index is 12.2. The Hall–Kier alpha value is -2.78. The molecule has 7 heteroatoms. The summed E-state index contributed by atoms with van der Waals surface area (Å²) in [7, 11) is 0. The smallest absolute Gasteiger partial charge is 0.410 e. The zero-order chi connectivity index (χ0) is 17.6. The lowest BCUT2D eigenvalue weighted by Crippen LogP contribution is -2.49. The van der Waals surface area contributed by atoms with E-state index in [1.165, 1.54) is 0 Å². The summed E-state index contributed by atoms with van der Waals surface area (Å²) in [5.41, 5.74) is 2.09. The first-order chi connectivity index (χ1) is 12.2. The SMILES string of the molecule is N#Cc1cc(N2CCN(C(=O)OCc3ccccc3)CC2)cc(Cl)n1. The van der Waals surface area contributed by atoms with Crippen molar-refractivity contribution < 1.29 is 9.53 Å². The highest BCUT2D eigenvalue weighted by atomic mass is 35.5. The van der Waals surface area contributed by atoms with Crippen molar-refractivity contribution in [3.8, 4) is 6.07 Å². The summed E-state index contributed by atoms with van der Waals surface area (Å²) in [6.45, 7) is 2.66. The van der Waals surface area contributed by atoms with Crippen LogP contribution in [0.3, 0.4) is 0 Å². The molecule has 1 aliphatic rings. The van der Waals surface area contributed by atoms with Crippen LogP contribution in [0.15, 0.2) is 42.5 Å². The molecule has 1 aromatic heterocycles. The maximum absolute atomic E-state index is 12.2. The summed E-state index contributed by atoms with van der Waals surface area (Å²) in [6, 6.07) is 15.0. The van der Waals surface area contributed by atoms with Crippen LogP contribution in [-0.4, -0.2) is 42.2 Å². The number of aromatic nitrogens is 1. The second-order valence-electron chi connectivity index (χ2n) is 5.66. The number of amides is 1. The van der Waals surface area contributed by atoms with Gasteiger partial charge >= 0.3 is 6.09 Å². The third-order valence-electron chi connectivity index (χ3n) is 4.00. The van der Waals surface area contributed by atoms with Crippen LogP contribution in [0.4, 0.5) is 10.5 Å². The van der Waals surface area contributed by atoms with Crippen LogP contribution in [0, 0.1) is 11.3 Å². The Morgan fingerprint density at radius 1 is 1.20 bits per heavy atom. The summed E-state index contributed by atoms with van der Waals surface area (Å²) < 4.78 is 5.36. The van der Waals surface area contributed by atoms with Gasteiger partial charge in [0.15, 0.2) is 0 Å². The van der Waals surface area contributed by atoms with Gasteiger partial charge in [-0.05, 0) is 17.7 Å². The summed E-state index contributed by atoms with van der Waals surface area (Å²) >= 11 is 5.95. The molecule has 0 saturated carbocycles. The highest BCUT2D eigenvalue weighted by Crippen LogP contribution is 2.21. The number of carbonyl (C=O) groups is 1. The number of nitrogens with zero attached hydrogens (tertiary/aromatic N) is 4. The molecule has 1 saturated heterocycles. The second kappa shape index (κ2) is 7.86. The molecule has 128 valence electrons. The fourth-order valence-electron chi connectivity index (χ4n) is 2.68. The molecule has 0 spiro atoms. The summed E-state index contributed by atoms with van der Waals surface area (Å²) in [4.78, 5) is 19.9. The van der Waals surface area contributed by atoms with E-state index in [4.69, 9.17) is 21.6 Å². The number of rotatable bonds is 3. The molecule has 0 unspecified atom stereocenters. The van der Waals surface area contributed by atoms with E-state index in [0.29, 0.717) is 31.3 Å². The van der Waals surface area contributed by atoms with Gasteiger partial charge in [-0.15, -0.1) is 0 Å². The van der Waals surface area contributed by atoms with Crippen LogP contribution < -0.4 is 4.90 Å². The number of nitriles is 1. The van der Waals surface area contributed by atoms with Gasteiger partial charge in [0.2, 0.25) is 0 Å². The van der Waals surface area contributed by atoms with E-state index in [-0.39, 0.29) is 18.4 Å². The van der Waals surface area contributed by atoms with Crippen LogP contribution in [-0.2, 0) is 11.3 Å². The quantitative estimate of drug-likeness (QED) is 0.790. The van der Waals surface area contributed by atoms with Crippen LogP contribution in [0.1, 0.15) is 11.3 Å². The highest BCUT2D eigenvalue weighted by molar-refractivity contribution is 6.29. The van der Waals surface area contributed by atoms with Gasteiger partial charge in [-0.25, -0.2) is 9.78 Å². The van der Waals surface area contributed by atoms with Gasteiger partial charge in [0, 0.05) is 31.9 Å². The fraction of sp³-hybridized carbons (Fsp3) is 0.278. The van der Waals surface area contributed by atoms with Crippen molar-refractivity contribution in [3.63, 3.8) is 0 Å². The normalized spacial score (nSPS) is 14.1. The van der Waals surface area contributed by atoms with Gasteiger partial charge in [0.1, 0.15) is 23.5 Å². The Morgan fingerprint density at radius 2 is 1.92 bits per heavy atom. The molecule has 2 aromatic rings. The fourth-order valence-corrected chi connectivity index (χ4v) is 2.88. The zero-order valence-corrected chi connectivity index (χ0v) is 14.3. The van der Waals surface area contributed by atoms with Gasteiger partial charge in [0.25, 0.3) is 0 Å². The van der Waals surface area contributed by atoms with E-state index in [2.05, 4.69) is 9.88 Å². The number of pyridine rings is 1. The third kappa shape index (κ3) is 4.40. The lowest BCUT2D eigenvalue weighted by atomic mass is 10.2. The van der Waals surface area contributed by atoms with E-state index >= 15 is 0 Å². The standard InChI is InChI=1S/C18H17ClN4O2/c19-17-11-16(10-15(12-20)21-17)22-6-8-23(9-7-22)18(24)25-13-14-4-2-1-3-5-14/h1-5,10-11H,6-9,13H2. The lowest BCUT2D eigenvalue weighted by Gasteiger charge is -2.35. The molecule has 1 aliphatic heterocycles. The molecule has 0 aliphatic carbocycles. The second-order valence-corrected chi connectivity index (χ2v) is 6.05. The number of halogens is 1. The van der Waals surface area contributed by atoms with Crippen molar-refractivity contribution in [2.75, 3.05) is 31.1 Å². The first-order valence-corrected chi connectivity index (χ1v) is 8.32. The minimum Gasteiger partial charge on any atom is -0.445 e. The van der Waals surface area contributed by atoms with E-state index in [1.54, 1.807) is 17.0 Å². The van der Waals surface area contributed by atoms with Crippen molar-refractivity contribution in [1.29, 1.82) is 5.26 Å². The van der Waals surface area contributed by atoms with Crippen LogP contribution >= 0.6 is 11.6 Å². The van der Waals surface area contributed by atoms with Crippen LogP contribution in [0.5, 0.6) is 0 Å². The van der Waals surface area contributed by atoms with Gasteiger partial charge in [-0.2, -0.15) is 5.26 Å². The van der Waals surface area contributed by atoms with Crippen molar-refractivity contribution in [2.24, 2.45) is 0 Å². The van der Waals surface area contributed by atoms with E-state index in [9.17, 15) is 4.79 Å². The molecule has 1 fully saturated rings. The molecule has 6 nitrogen and oxygen atoms in total. The third-order valence-corrected chi connectivity index (χ3v) is 4.20. The number of ether oxygens (including phenoxy) is 1. The van der Waals surface area contributed by atoms with Crippen molar-refractivity contribution >= 4 is 23.4 Å². The predicted octanol–water partition coefficient (Wildman–Crippen LogP) is 3.07. The maximum Gasteiger partial charge on any atom is 0.410 e. The average molecular weight is 357 g/mol. The van der Waals surface area contributed by atoms with E-state index in [0.717, 1.165) is 11.3 Å². The minimum atomic E-state index is -0.311. The van der Waals surface area contributed by atoms with Crippen LogP contribution in [0.2, 0.25) is 5.15 Å². The number of hydrogen-bond donors (Lipinski definition) is 0. The minimum absolute atomic E-state index is 0.269. The Balaban J connectivity index is 1.54.